The zero-order valence-electron chi connectivity index (χ0n) is 17.8. The Balaban J connectivity index is 1.80. The van der Waals surface area contributed by atoms with Crippen LogP contribution in [-0.2, 0) is 14.8 Å². The van der Waals surface area contributed by atoms with Crippen LogP contribution in [0, 0.1) is 13.8 Å². The van der Waals surface area contributed by atoms with Crippen molar-refractivity contribution in [2.45, 2.75) is 33.7 Å². The lowest BCUT2D eigenvalue weighted by atomic mass is 10.0. The first kappa shape index (κ1) is 22.0. The number of ether oxygens (including phenoxy) is 2. The smallest absolute Gasteiger partial charge is 0.241 e. The van der Waals surface area contributed by atoms with E-state index in [4.69, 9.17) is 9.47 Å². The molecule has 8 heteroatoms. The van der Waals surface area contributed by atoms with Crippen molar-refractivity contribution in [3.8, 4) is 11.5 Å². The second-order valence-corrected chi connectivity index (χ2v) is 9.55. The van der Waals surface area contributed by atoms with Crippen molar-refractivity contribution in [2.75, 3.05) is 29.8 Å². The summed E-state index contributed by atoms with van der Waals surface area (Å²) in [5.74, 6) is 0.528. The van der Waals surface area contributed by atoms with Crippen molar-refractivity contribution >= 4 is 21.6 Å². The number of nitrogens with zero attached hydrogens (tertiary/aromatic N) is 1. The molecule has 0 aromatic heterocycles. The van der Waals surface area contributed by atoms with Gasteiger partial charge in [0.25, 0.3) is 0 Å². The Morgan fingerprint density at radius 2 is 1.77 bits per heavy atom. The summed E-state index contributed by atoms with van der Waals surface area (Å²) in [6, 6.07) is 10.6. The van der Waals surface area contributed by atoms with Gasteiger partial charge in [-0.1, -0.05) is 18.2 Å². The number of carbonyl (C=O) groups is 1. The molecule has 30 heavy (non-hydrogen) atoms. The molecule has 3 rings (SSSR count). The van der Waals surface area contributed by atoms with Crippen LogP contribution in [-0.4, -0.2) is 39.8 Å². The minimum Gasteiger partial charge on any atom is -0.486 e. The lowest BCUT2D eigenvalue weighted by Gasteiger charge is -2.26. The third-order valence-corrected chi connectivity index (χ3v) is 6.95. The fraction of sp³-hybridized carbons (Fsp3) is 0.409. The highest BCUT2D eigenvalue weighted by Gasteiger charge is 2.26. The summed E-state index contributed by atoms with van der Waals surface area (Å²) in [4.78, 5) is 12.7. The number of rotatable bonds is 7. The highest BCUT2D eigenvalue weighted by Crippen LogP contribution is 2.34. The molecule has 1 aliphatic heterocycles. The molecular formula is C22H28N2O5S. The van der Waals surface area contributed by atoms with E-state index in [1.54, 1.807) is 25.1 Å². The fourth-order valence-electron chi connectivity index (χ4n) is 3.23. The summed E-state index contributed by atoms with van der Waals surface area (Å²) in [5.41, 5.74) is 3.65. The molecule has 1 amide bonds. The van der Waals surface area contributed by atoms with Gasteiger partial charge in [-0.25, -0.2) is 8.42 Å². The van der Waals surface area contributed by atoms with Gasteiger partial charge >= 0.3 is 0 Å². The van der Waals surface area contributed by atoms with Gasteiger partial charge in [0.2, 0.25) is 15.9 Å². The highest BCUT2D eigenvalue weighted by molar-refractivity contribution is 7.92. The van der Waals surface area contributed by atoms with Crippen LogP contribution in [0.25, 0.3) is 0 Å². The Hall–Kier alpha value is -2.74. The van der Waals surface area contributed by atoms with Gasteiger partial charge in [-0.05, 0) is 56.5 Å². The molecule has 2 aromatic rings. The predicted octanol–water partition coefficient (Wildman–Crippen LogP) is 3.11. The fourth-order valence-corrected chi connectivity index (χ4v) is 4.29. The first-order chi connectivity index (χ1) is 14.2. The molecule has 0 spiro atoms. The SMILES string of the molecule is CCS(=O)(=O)N(CC(=O)NC(C)c1ccc(C)c(C)c1)c1ccc2c(c1)OCCO2. The van der Waals surface area contributed by atoms with Crippen molar-refractivity contribution in [2.24, 2.45) is 0 Å². The van der Waals surface area contributed by atoms with Crippen molar-refractivity contribution in [3.63, 3.8) is 0 Å². The lowest BCUT2D eigenvalue weighted by Crippen LogP contribution is -2.42. The number of anilines is 1. The number of aryl methyl sites for hydroxylation is 2. The van der Waals surface area contributed by atoms with Crippen molar-refractivity contribution in [1.29, 1.82) is 0 Å². The van der Waals surface area contributed by atoms with Gasteiger partial charge in [-0.2, -0.15) is 0 Å². The number of hydrogen-bond donors (Lipinski definition) is 1. The van der Waals surface area contributed by atoms with Crippen LogP contribution in [0.4, 0.5) is 5.69 Å². The third kappa shape index (κ3) is 4.87. The molecule has 0 aliphatic carbocycles. The number of amides is 1. The van der Waals surface area contributed by atoms with Gasteiger partial charge < -0.3 is 14.8 Å². The zero-order valence-corrected chi connectivity index (χ0v) is 18.6. The molecule has 162 valence electrons. The van der Waals surface area contributed by atoms with E-state index in [1.165, 1.54) is 5.56 Å². The minimum absolute atomic E-state index is 0.124. The lowest BCUT2D eigenvalue weighted by molar-refractivity contribution is -0.120. The van der Waals surface area contributed by atoms with Crippen LogP contribution < -0.4 is 19.1 Å². The molecule has 0 bridgehead atoms. The van der Waals surface area contributed by atoms with Gasteiger partial charge in [0.1, 0.15) is 19.8 Å². The maximum absolute atomic E-state index is 12.7. The summed E-state index contributed by atoms with van der Waals surface area (Å²) in [6.07, 6.45) is 0. The molecule has 1 aliphatic rings. The highest BCUT2D eigenvalue weighted by atomic mass is 32.2. The van der Waals surface area contributed by atoms with Crippen LogP contribution in [0.15, 0.2) is 36.4 Å². The molecule has 0 saturated heterocycles. The van der Waals surface area contributed by atoms with E-state index in [2.05, 4.69) is 5.32 Å². The zero-order chi connectivity index (χ0) is 21.9. The van der Waals surface area contributed by atoms with E-state index in [1.807, 2.05) is 39.0 Å². The van der Waals surface area contributed by atoms with Crippen LogP contribution >= 0.6 is 0 Å². The standard InChI is InChI=1S/C22H28N2O5S/c1-5-30(26,27)24(19-8-9-20-21(13-19)29-11-10-28-20)14-22(25)23-17(4)18-7-6-15(2)16(3)12-18/h6-9,12-13,17H,5,10-11,14H2,1-4H3,(H,23,25). The first-order valence-electron chi connectivity index (χ1n) is 9.98. The Morgan fingerprint density at radius 3 is 2.43 bits per heavy atom. The average molecular weight is 433 g/mol. The van der Waals surface area contributed by atoms with Crippen LogP contribution in [0.2, 0.25) is 0 Å². The maximum atomic E-state index is 12.7. The first-order valence-corrected chi connectivity index (χ1v) is 11.6. The van der Waals surface area contributed by atoms with E-state index in [0.29, 0.717) is 30.4 Å². The van der Waals surface area contributed by atoms with E-state index in [9.17, 15) is 13.2 Å². The summed E-state index contributed by atoms with van der Waals surface area (Å²) in [6.45, 7) is 8.01. The summed E-state index contributed by atoms with van der Waals surface area (Å²) in [5, 5.41) is 2.90. The monoisotopic (exact) mass is 432 g/mol. The summed E-state index contributed by atoms with van der Waals surface area (Å²) >= 11 is 0. The minimum atomic E-state index is -3.67. The molecule has 0 radical (unpaired) electrons. The molecule has 1 unspecified atom stereocenters. The van der Waals surface area contributed by atoms with E-state index < -0.39 is 10.0 Å². The van der Waals surface area contributed by atoms with E-state index in [0.717, 1.165) is 15.4 Å². The molecular weight excluding hydrogens is 404 g/mol. The van der Waals surface area contributed by atoms with Crippen LogP contribution in [0.3, 0.4) is 0 Å². The quantitative estimate of drug-likeness (QED) is 0.727. The summed E-state index contributed by atoms with van der Waals surface area (Å²) in [7, 11) is -3.67. The number of nitrogens with one attached hydrogen (secondary N) is 1. The Labute approximate surface area is 178 Å². The van der Waals surface area contributed by atoms with E-state index >= 15 is 0 Å². The second kappa shape index (κ2) is 8.95. The number of fused-ring (bicyclic) bond motifs is 1. The number of hydrogen-bond acceptors (Lipinski definition) is 5. The van der Waals surface area contributed by atoms with Gasteiger partial charge in [0, 0.05) is 6.07 Å². The van der Waals surface area contributed by atoms with Gasteiger partial charge in [0.15, 0.2) is 11.5 Å². The summed E-state index contributed by atoms with van der Waals surface area (Å²) < 4.78 is 37.6. The van der Waals surface area contributed by atoms with Gasteiger partial charge in [-0.15, -0.1) is 0 Å². The maximum Gasteiger partial charge on any atom is 0.241 e. The molecule has 0 saturated carbocycles. The third-order valence-electron chi connectivity index (χ3n) is 5.21. The van der Waals surface area contributed by atoms with Gasteiger partial charge in [0.05, 0.1) is 17.5 Å². The molecule has 1 heterocycles. The molecule has 1 N–H and O–H groups in total. The van der Waals surface area contributed by atoms with Crippen molar-refractivity contribution < 1.29 is 22.7 Å². The van der Waals surface area contributed by atoms with E-state index in [-0.39, 0.29) is 24.2 Å². The van der Waals surface area contributed by atoms with Crippen LogP contribution in [0.5, 0.6) is 11.5 Å². The topological polar surface area (TPSA) is 84.9 Å². The number of carbonyl (C=O) groups excluding carboxylic acids is 1. The van der Waals surface area contributed by atoms with Gasteiger partial charge in [-0.3, -0.25) is 9.10 Å². The van der Waals surface area contributed by atoms with Crippen molar-refractivity contribution in [1.82, 2.24) is 5.32 Å². The molecule has 0 fully saturated rings. The second-order valence-electron chi connectivity index (χ2n) is 7.37. The number of sulfonamides is 1. The molecule has 7 nitrogen and oxygen atoms in total. The Bertz CT molecular complexity index is 1040. The largest absolute Gasteiger partial charge is 0.486 e. The van der Waals surface area contributed by atoms with Crippen LogP contribution in [0.1, 0.15) is 36.6 Å². The Morgan fingerprint density at radius 1 is 1.07 bits per heavy atom. The normalized spacial score (nSPS) is 14.1. The Kier molecular flexibility index (Phi) is 6.55. The van der Waals surface area contributed by atoms with Crippen molar-refractivity contribution in [3.05, 3.63) is 53.1 Å². The molecule has 1 atom stereocenters. The number of benzene rings is 2. The molecule has 2 aromatic carbocycles. The average Bonchev–Trinajstić information content (AvgIpc) is 2.73. The predicted molar refractivity (Wildman–Crippen MR) is 117 cm³/mol.